The molecule has 96 valence electrons. The van der Waals surface area contributed by atoms with Gasteiger partial charge in [0.25, 0.3) is 0 Å². The SMILES string of the molecule is COc1ccc2cc(C#CCNC(C)=O)ccc2c1. The minimum Gasteiger partial charge on any atom is -0.497 e. The van der Waals surface area contributed by atoms with Gasteiger partial charge in [0.2, 0.25) is 5.91 Å². The Morgan fingerprint density at radius 2 is 1.95 bits per heavy atom. The van der Waals surface area contributed by atoms with Crippen LogP contribution in [0.4, 0.5) is 0 Å². The van der Waals surface area contributed by atoms with Crippen LogP contribution >= 0.6 is 0 Å². The highest BCUT2D eigenvalue weighted by molar-refractivity contribution is 5.85. The van der Waals surface area contributed by atoms with Crippen LogP contribution in [0.2, 0.25) is 0 Å². The van der Waals surface area contributed by atoms with E-state index in [1.807, 2.05) is 36.4 Å². The van der Waals surface area contributed by atoms with E-state index in [2.05, 4.69) is 17.2 Å². The lowest BCUT2D eigenvalue weighted by molar-refractivity contribution is -0.118. The van der Waals surface area contributed by atoms with Gasteiger partial charge in [0.1, 0.15) is 5.75 Å². The molecule has 1 amide bonds. The average molecular weight is 253 g/mol. The topological polar surface area (TPSA) is 38.3 Å². The molecule has 2 aromatic carbocycles. The molecule has 19 heavy (non-hydrogen) atoms. The molecular weight excluding hydrogens is 238 g/mol. The number of amides is 1. The summed E-state index contributed by atoms with van der Waals surface area (Å²) >= 11 is 0. The Balaban J connectivity index is 2.19. The summed E-state index contributed by atoms with van der Waals surface area (Å²) in [5.41, 5.74) is 0.933. The van der Waals surface area contributed by atoms with E-state index in [0.717, 1.165) is 22.1 Å². The van der Waals surface area contributed by atoms with Crippen LogP contribution in [0.3, 0.4) is 0 Å². The lowest BCUT2D eigenvalue weighted by atomic mass is 10.1. The van der Waals surface area contributed by atoms with Gasteiger partial charge in [0.15, 0.2) is 0 Å². The van der Waals surface area contributed by atoms with Crippen LogP contribution in [0.5, 0.6) is 5.75 Å². The first kappa shape index (κ1) is 13.0. The molecule has 0 spiro atoms. The molecule has 0 bridgehead atoms. The molecule has 0 aliphatic heterocycles. The van der Waals surface area contributed by atoms with E-state index < -0.39 is 0 Å². The highest BCUT2D eigenvalue weighted by atomic mass is 16.5. The number of carbonyl (C=O) groups is 1. The van der Waals surface area contributed by atoms with Crippen molar-refractivity contribution in [3.05, 3.63) is 42.0 Å². The molecule has 0 aromatic heterocycles. The van der Waals surface area contributed by atoms with Gasteiger partial charge in [-0.25, -0.2) is 0 Å². The fourth-order valence-corrected chi connectivity index (χ4v) is 1.74. The lowest BCUT2D eigenvalue weighted by Crippen LogP contribution is -2.19. The maximum atomic E-state index is 10.7. The highest BCUT2D eigenvalue weighted by Gasteiger charge is 1.97. The molecule has 0 fully saturated rings. The number of nitrogens with one attached hydrogen (secondary N) is 1. The maximum Gasteiger partial charge on any atom is 0.217 e. The van der Waals surface area contributed by atoms with Gasteiger partial charge in [0.05, 0.1) is 13.7 Å². The number of hydrogen-bond donors (Lipinski definition) is 1. The van der Waals surface area contributed by atoms with E-state index in [1.165, 1.54) is 6.92 Å². The molecule has 0 unspecified atom stereocenters. The summed E-state index contributed by atoms with van der Waals surface area (Å²) in [4.78, 5) is 10.7. The minimum atomic E-state index is -0.0695. The molecule has 0 aliphatic rings. The second-order valence-corrected chi connectivity index (χ2v) is 4.14. The van der Waals surface area contributed by atoms with Gasteiger partial charge in [-0.3, -0.25) is 4.79 Å². The number of ether oxygens (including phenoxy) is 1. The molecule has 3 heteroatoms. The van der Waals surface area contributed by atoms with Crippen molar-refractivity contribution in [2.75, 3.05) is 13.7 Å². The van der Waals surface area contributed by atoms with Crippen LogP contribution in [0.25, 0.3) is 10.8 Å². The van der Waals surface area contributed by atoms with Crippen LogP contribution in [-0.4, -0.2) is 19.6 Å². The summed E-state index contributed by atoms with van der Waals surface area (Å²) in [6, 6.07) is 11.9. The van der Waals surface area contributed by atoms with Crippen LogP contribution in [-0.2, 0) is 4.79 Å². The normalized spacial score (nSPS) is 9.58. The second-order valence-electron chi connectivity index (χ2n) is 4.14. The zero-order valence-electron chi connectivity index (χ0n) is 11.0. The van der Waals surface area contributed by atoms with Crippen molar-refractivity contribution in [1.82, 2.24) is 5.32 Å². The van der Waals surface area contributed by atoms with Gasteiger partial charge in [-0.1, -0.05) is 24.0 Å². The Kier molecular flexibility index (Phi) is 4.04. The molecule has 0 saturated carbocycles. The molecule has 1 N–H and O–H groups in total. The number of rotatable bonds is 2. The zero-order chi connectivity index (χ0) is 13.7. The monoisotopic (exact) mass is 253 g/mol. The second kappa shape index (κ2) is 5.92. The quantitative estimate of drug-likeness (QED) is 0.834. The van der Waals surface area contributed by atoms with Gasteiger partial charge in [-0.15, -0.1) is 0 Å². The van der Waals surface area contributed by atoms with Crippen molar-refractivity contribution in [1.29, 1.82) is 0 Å². The summed E-state index contributed by atoms with van der Waals surface area (Å²) < 4.78 is 5.19. The van der Waals surface area contributed by atoms with E-state index in [-0.39, 0.29) is 5.91 Å². The first-order valence-electron chi connectivity index (χ1n) is 6.00. The third kappa shape index (κ3) is 3.49. The molecule has 0 atom stereocenters. The van der Waals surface area contributed by atoms with Crippen molar-refractivity contribution in [2.24, 2.45) is 0 Å². The maximum absolute atomic E-state index is 10.7. The van der Waals surface area contributed by atoms with E-state index >= 15 is 0 Å². The molecular formula is C16H15NO2. The van der Waals surface area contributed by atoms with Crippen molar-refractivity contribution in [3.63, 3.8) is 0 Å². The molecule has 2 aromatic rings. The molecule has 0 aliphatic carbocycles. The van der Waals surface area contributed by atoms with Gasteiger partial charge in [-0.05, 0) is 35.0 Å². The predicted octanol–water partition coefficient (Wildman–Crippen LogP) is 2.34. The third-order valence-corrected chi connectivity index (χ3v) is 2.71. The van der Waals surface area contributed by atoms with Crippen LogP contribution in [0.15, 0.2) is 36.4 Å². The first-order chi connectivity index (χ1) is 9.19. The summed E-state index contributed by atoms with van der Waals surface area (Å²) in [6.45, 7) is 1.85. The highest BCUT2D eigenvalue weighted by Crippen LogP contribution is 2.21. The Hall–Kier alpha value is -2.47. The standard InChI is InChI=1S/C16H15NO2/c1-12(18)17-9-3-4-13-5-6-15-11-16(19-2)8-7-14(15)10-13/h5-8,10-11H,9H2,1-2H3,(H,17,18). The summed E-state index contributed by atoms with van der Waals surface area (Å²) in [5, 5.41) is 4.87. The fourth-order valence-electron chi connectivity index (χ4n) is 1.74. The van der Waals surface area contributed by atoms with Crippen LogP contribution in [0.1, 0.15) is 12.5 Å². The van der Waals surface area contributed by atoms with Crippen molar-refractivity contribution < 1.29 is 9.53 Å². The Morgan fingerprint density at radius 3 is 2.68 bits per heavy atom. The van der Waals surface area contributed by atoms with E-state index in [0.29, 0.717) is 6.54 Å². The van der Waals surface area contributed by atoms with Gasteiger partial charge < -0.3 is 10.1 Å². The zero-order valence-corrected chi connectivity index (χ0v) is 11.0. The number of hydrogen-bond acceptors (Lipinski definition) is 2. The average Bonchev–Trinajstić information content (AvgIpc) is 2.42. The first-order valence-corrected chi connectivity index (χ1v) is 6.00. The largest absolute Gasteiger partial charge is 0.497 e. The van der Waals surface area contributed by atoms with Gasteiger partial charge in [-0.2, -0.15) is 0 Å². The summed E-state index contributed by atoms with van der Waals surface area (Å²) in [6.07, 6.45) is 0. The molecule has 0 saturated heterocycles. The molecule has 3 nitrogen and oxygen atoms in total. The predicted molar refractivity (Wildman–Crippen MR) is 76.1 cm³/mol. The smallest absolute Gasteiger partial charge is 0.217 e. The van der Waals surface area contributed by atoms with Crippen LogP contribution in [0, 0.1) is 11.8 Å². The Labute approximate surface area is 112 Å². The van der Waals surface area contributed by atoms with E-state index in [9.17, 15) is 4.79 Å². The van der Waals surface area contributed by atoms with E-state index in [1.54, 1.807) is 7.11 Å². The fraction of sp³-hybridized carbons (Fsp3) is 0.188. The Bertz CT molecular complexity index is 665. The summed E-state index contributed by atoms with van der Waals surface area (Å²) in [7, 11) is 1.66. The Morgan fingerprint density at radius 1 is 1.21 bits per heavy atom. The van der Waals surface area contributed by atoms with E-state index in [4.69, 9.17) is 4.74 Å². The molecule has 0 radical (unpaired) electrons. The van der Waals surface area contributed by atoms with Crippen molar-refractivity contribution >= 4 is 16.7 Å². The molecule has 0 heterocycles. The number of methoxy groups -OCH3 is 1. The lowest BCUT2D eigenvalue weighted by Gasteiger charge is -2.02. The minimum absolute atomic E-state index is 0.0695. The number of benzene rings is 2. The number of carbonyl (C=O) groups excluding carboxylic acids is 1. The van der Waals surface area contributed by atoms with Crippen molar-refractivity contribution in [3.8, 4) is 17.6 Å². The van der Waals surface area contributed by atoms with Gasteiger partial charge >= 0.3 is 0 Å². The van der Waals surface area contributed by atoms with Crippen LogP contribution < -0.4 is 10.1 Å². The van der Waals surface area contributed by atoms with Gasteiger partial charge in [0, 0.05) is 12.5 Å². The summed E-state index contributed by atoms with van der Waals surface area (Å²) in [5.74, 6) is 6.71. The number of fused-ring (bicyclic) bond motifs is 1. The van der Waals surface area contributed by atoms with Crippen molar-refractivity contribution in [2.45, 2.75) is 6.92 Å². The third-order valence-electron chi connectivity index (χ3n) is 2.71. The molecule has 2 rings (SSSR count).